The lowest BCUT2D eigenvalue weighted by atomic mass is 9.91. The van der Waals surface area contributed by atoms with Crippen molar-refractivity contribution in [3.05, 3.63) is 47.2 Å². The molecule has 1 amide bonds. The molecule has 31 heavy (non-hydrogen) atoms. The third-order valence-electron chi connectivity index (χ3n) is 5.07. The number of nitriles is 1. The Hall–Kier alpha value is -3.35. The van der Waals surface area contributed by atoms with Crippen LogP contribution in [0.2, 0.25) is 0 Å². The van der Waals surface area contributed by atoms with Crippen molar-refractivity contribution in [2.24, 2.45) is 0 Å². The number of amides is 1. The summed E-state index contributed by atoms with van der Waals surface area (Å²) in [6, 6.07) is 9.32. The molecule has 0 unspecified atom stereocenters. The Bertz CT molecular complexity index is 978. The summed E-state index contributed by atoms with van der Waals surface area (Å²) < 4.78 is 39.5. The minimum Gasteiger partial charge on any atom is -0.367 e. The first-order chi connectivity index (χ1) is 14.7. The summed E-state index contributed by atoms with van der Waals surface area (Å²) in [5, 5.41) is 15.0. The molecule has 1 aliphatic carbocycles. The largest absolute Gasteiger partial charge is 0.433 e. The monoisotopic (exact) mass is 432 g/mol. The van der Waals surface area contributed by atoms with Crippen LogP contribution in [0.3, 0.4) is 0 Å². The van der Waals surface area contributed by atoms with Gasteiger partial charge in [0, 0.05) is 37.8 Å². The second-order valence-corrected chi connectivity index (χ2v) is 7.69. The van der Waals surface area contributed by atoms with Crippen molar-refractivity contribution < 1.29 is 18.0 Å². The summed E-state index contributed by atoms with van der Waals surface area (Å²) in [6.07, 6.45) is -1.86. The number of nitrogens with zero attached hydrogens (tertiary/aromatic N) is 4. The van der Waals surface area contributed by atoms with Crippen molar-refractivity contribution in [2.75, 3.05) is 24.3 Å². The third kappa shape index (κ3) is 5.84. The number of aromatic nitrogens is 2. The molecular weight excluding hydrogens is 409 g/mol. The van der Waals surface area contributed by atoms with Gasteiger partial charge in [-0.1, -0.05) is 6.07 Å². The van der Waals surface area contributed by atoms with Crippen LogP contribution in [-0.4, -0.2) is 42.1 Å². The van der Waals surface area contributed by atoms with Crippen LogP contribution in [0.15, 0.2) is 30.3 Å². The molecule has 1 aliphatic rings. The lowest BCUT2D eigenvalue weighted by Gasteiger charge is -2.30. The van der Waals surface area contributed by atoms with Gasteiger partial charge in [0.2, 0.25) is 5.95 Å². The number of nitrogens with one attached hydrogen (secondary N) is 2. The van der Waals surface area contributed by atoms with E-state index in [2.05, 4.69) is 20.6 Å². The van der Waals surface area contributed by atoms with Crippen LogP contribution in [0.25, 0.3) is 0 Å². The first-order valence-electron chi connectivity index (χ1n) is 9.87. The number of carbonyl (C=O) groups excluding carboxylic acids is 1. The van der Waals surface area contributed by atoms with E-state index in [1.165, 1.54) is 11.0 Å². The number of carbonyl (C=O) groups is 1. The summed E-state index contributed by atoms with van der Waals surface area (Å²) in [5.74, 6) is -0.126. The predicted molar refractivity (Wildman–Crippen MR) is 110 cm³/mol. The van der Waals surface area contributed by atoms with Crippen LogP contribution in [0, 0.1) is 11.3 Å². The molecular formula is C21H23F3N6O. The number of anilines is 2. The summed E-state index contributed by atoms with van der Waals surface area (Å²) in [4.78, 5) is 21.6. The molecule has 1 fully saturated rings. The second-order valence-electron chi connectivity index (χ2n) is 7.69. The van der Waals surface area contributed by atoms with E-state index in [0.717, 1.165) is 6.07 Å². The Morgan fingerprint density at radius 2 is 1.81 bits per heavy atom. The van der Waals surface area contributed by atoms with Crippen LogP contribution in [0.5, 0.6) is 0 Å². The molecule has 0 atom stereocenters. The Morgan fingerprint density at radius 1 is 1.13 bits per heavy atom. The number of benzene rings is 1. The van der Waals surface area contributed by atoms with E-state index in [1.807, 2.05) is 6.07 Å². The van der Waals surface area contributed by atoms with E-state index in [1.54, 1.807) is 32.3 Å². The molecule has 1 heterocycles. The normalized spacial score (nSPS) is 18.7. The van der Waals surface area contributed by atoms with E-state index in [4.69, 9.17) is 5.26 Å². The molecule has 3 rings (SSSR count). The quantitative estimate of drug-likeness (QED) is 0.750. The fourth-order valence-corrected chi connectivity index (χ4v) is 3.44. The van der Waals surface area contributed by atoms with Gasteiger partial charge in [-0.25, -0.2) is 4.98 Å². The maximum absolute atomic E-state index is 13.2. The van der Waals surface area contributed by atoms with Crippen molar-refractivity contribution in [2.45, 2.75) is 43.9 Å². The van der Waals surface area contributed by atoms with Crippen molar-refractivity contribution in [1.82, 2.24) is 15.3 Å². The predicted octanol–water partition coefficient (Wildman–Crippen LogP) is 3.59. The number of hydrogen-bond donors (Lipinski definition) is 2. The topological polar surface area (TPSA) is 93.9 Å². The first-order valence-corrected chi connectivity index (χ1v) is 9.87. The Morgan fingerprint density at radius 3 is 2.42 bits per heavy atom. The minimum atomic E-state index is -4.56. The van der Waals surface area contributed by atoms with E-state index >= 15 is 0 Å². The van der Waals surface area contributed by atoms with E-state index < -0.39 is 11.9 Å². The molecule has 0 saturated heterocycles. The molecule has 1 aromatic carbocycles. The van der Waals surface area contributed by atoms with Crippen LogP contribution in [0.4, 0.5) is 24.9 Å². The molecule has 2 aromatic rings. The van der Waals surface area contributed by atoms with Gasteiger partial charge in [-0.2, -0.15) is 23.4 Å². The fourth-order valence-electron chi connectivity index (χ4n) is 3.44. The van der Waals surface area contributed by atoms with Gasteiger partial charge in [0.1, 0.15) is 5.82 Å². The standard InChI is InChI=1S/C21H23F3N6O/c1-30(2)20-28-17(21(22,23)24)11-18(29-20)26-15-6-8-16(9-7-15)27-19(31)14-5-3-4-13(10-14)12-25/h3-5,10-11,15-16H,6-9H2,1-2H3,(H,27,31)(H,26,28,29). The zero-order valence-electron chi connectivity index (χ0n) is 17.2. The van der Waals surface area contributed by atoms with Crippen molar-refractivity contribution in [1.29, 1.82) is 5.26 Å². The highest BCUT2D eigenvalue weighted by Gasteiger charge is 2.34. The lowest BCUT2D eigenvalue weighted by molar-refractivity contribution is -0.141. The maximum atomic E-state index is 13.2. The highest BCUT2D eigenvalue weighted by molar-refractivity contribution is 5.94. The summed E-state index contributed by atoms with van der Waals surface area (Å²) >= 11 is 0. The van der Waals surface area contributed by atoms with E-state index in [9.17, 15) is 18.0 Å². The van der Waals surface area contributed by atoms with Gasteiger partial charge < -0.3 is 15.5 Å². The minimum absolute atomic E-state index is 0.0159. The van der Waals surface area contributed by atoms with Crippen LogP contribution >= 0.6 is 0 Å². The van der Waals surface area contributed by atoms with Gasteiger partial charge in [-0.3, -0.25) is 4.79 Å². The third-order valence-corrected chi connectivity index (χ3v) is 5.07. The average molecular weight is 432 g/mol. The zero-order valence-corrected chi connectivity index (χ0v) is 17.2. The van der Waals surface area contributed by atoms with E-state index in [-0.39, 0.29) is 29.8 Å². The molecule has 7 nitrogen and oxygen atoms in total. The number of alkyl halides is 3. The van der Waals surface area contributed by atoms with Gasteiger partial charge in [0.05, 0.1) is 11.6 Å². The molecule has 1 aromatic heterocycles. The Labute approximate surface area is 178 Å². The zero-order chi connectivity index (χ0) is 22.6. The maximum Gasteiger partial charge on any atom is 0.433 e. The molecule has 1 saturated carbocycles. The van der Waals surface area contributed by atoms with Crippen LogP contribution in [0.1, 0.15) is 47.3 Å². The summed E-state index contributed by atoms with van der Waals surface area (Å²) in [7, 11) is 3.17. The van der Waals surface area contributed by atoms with Gasteiger partial charge in [0.25, 0.3) is 5.91 Å². The van der Waals surface area contributed by atoms with Gasteiger partial charge >= 0.3 is 6.18 Å². The summed E-state index contributed by atoms with van der Waals surface area (Å²) in [5.41, 5.74) is -0.147. The average Bonchev–Trinajstić information content (AvgIpc) is 2.74. The number of rotatable bonds is 5. The van der Waals surface area contributed by atoms with Crippen LogP contribution < -0.4 is 15.5 Å². The van der Waals surface area contributed by atoms with Gasteiger partial charge in [0.15, 0.2) is 5.69 Å². The molecule has 2 N–H and O–H groups in total. The molecule has 10 heteroatoms. The van der Waals surface area contributed by atoms with Crippen molar-refractivity contribution >= 4 is 17.7 Å². The molecule has 0 aliphatic heterocycles. The lowest BCUT2D eigenvalue weighted by Crippen LogP contribution is -2.40. The Balaban J connectivity index is 1.59. The number of halogens is 3. The van der Waals surface area contributed by atoms with Gasteiger partial charge in [-0.15, -0.1) is 0 Å². The van der Waals surface area contributed by atoms with Crippen molar-refractivity contribution in [3.8, 4) is 6.07 Å². The van der Waals surface area contributed by atoms with E-state index in [0.29, 0.717) is 36.8 Å². The van der Waals surface area contributed by atoms with Gasteiger partial charge in [-0.05, 0) is 43.9 Å². The SMILES string of the molecule is CN(C)c1nc(NC2CCC(NC(=O)c3cccc(C#N)c3)CC2)cc(C(F)(F)F)n1. The second kappa shape index (κ2) is 9.20. The molecule has 0 radical (unpaired) electrons. The molecule has 0 spiro atoms. The fraction of sp³-hybridized carbons (Fsp3) is 0.429. The smallest absolute Gasteiger partial charge is 0.367 e. The van der Waals surface area contributed by atoms with Crippen molar-refractivity contribution in [3.63, 3.8) is 0 Å². The first kappa shape index (κ1) is 22.3. The summed E-state index contributed by atoms with van der Waals surface area (Å²) in [6.45, 7) is 0. The molecule has 164 valence electrons. The molecule has 0 bridgehead atoms. The number of hydrogen-bond acceptors (Lipinski definition) is 6. The highest BCUT2D eigenvalue weighted by Crippen LogP contribution is 2.31. The van der Waals surface area contributed by atoms with Crippen LogP contribution in [-0.2, 0) is 6.18 Å². The highest BCUT2D eigenvalue weighted by atomic mass is 19.4. The Kier molecular flexibility index (Phi) is 6.63.